The Balaban J connectivity index is 1.81. The number of nitrogens with zero attached hydrogens (tertiary/aromatic N) is 1. The van der Waals surface area contributed by atoms with Gasteiger partial charge in [0.2, 0.25) is 0 Å². The highest BCUT2D eigenvalue weighted by molar-refractivity contribution is 7.13. The van der Waals surface area contributed by atoms with Crippen LogP contribution in [0.1, 0.15) is 49.5 Å². The van der Waals surface area contributed by atoms with Crippen molar-refractivity contribution in [2.75, 3.05) is 12.4 Å². The number of thiazole rings is 1. The van der Waals surface area contributed by atoms with E-state index in [2.05, 4.69) is 20.9 Å². The van der Waals surface area contributed by atoms with Gasteiger partial charge in [-0.2, -0.15) is 0 Å². The molecule has 3 amide bonds. The maximum atomic E-state index is 14.8. The molecule has 0 bridgehead atoms. The molecule has 0 aliphatic heterocycles. The summed E-state index contributed by atoms with van der Waals surface area (Å²) in [5.41, 5.74) is 1.73. The number of nitrogens with one attached hydrogen (secondary N) is 3. The smallest absolute Gasteiger partial charge is 0.258 e. The first kappa shape index (κ1) is 21.6. The predicted molar refractivity (Wildman–Crippen MR) is 121 cm³/mol. The summed E-state index contributed by atoms with van der Waals surface area (Å²) < 4.78 is 14.8. The molecular formula is C23H21FN4O3S. The van der Waals surface area contributed by atoms with Gasteiger partial charge in [0.15, 0.2) is 5.13 Å². The molecule has 1 aliphatic carbocycles. The zero-order valence-electron chi connectivity index (χ0n) is 17.5. The largest absolute Gasteiger partial charge is 0.355 e. The lowest BCUT2D eigenvalue weighted by atomic mass is 9.92. The molecule has 1 aromatic heterocycles. The van der Waals surface area contributed by atoms with E-state index in [0.29, 0.717) is 21.8 Å². The maximum Gasteiger partial charge on any atom is 0.258 e. The second-order valence-corrected chi connectivity index (χ2v) is 8.40. The summed E-state index contributed by atoms with van der Waals surface area (Å²) >= 11 is 1.25. The van der Waals surface area contributed by atoms with Crippen molar-refractivity contribution in [3.05, 3.63) is 70.0 Å². The number of carbonyl (C=O) groups excluding carboxylic acids is 3. The van der Waals surface area contributed by atoms with E-state index in [-0.39, 0.29) is 34.5 Å². The molecule has 1 saturated carbocycles. The molecule has 1 heterocycles. The second-order valence-electron chi connectivity index (χ2n) is 7.51. The van der Waals surface area contributed by atoms with Gasteiger partial charge < -0.3 is 10.6 Å². The molecule has 3 N–H and O–H groups in total. The molecule has 9 heteroatoms. The first-order valence-corrected chi connectivity index (χ1v) is 10.9. The summed E-state index contributed by atoms with van der Waals surface area (Å²) in [6, 6.07) is 7.50. The number of aromatic nitrogens is 1. The van der Waals surface area contributed by atoms with E-state index in [1.807, 2.05) is 0 Å². The number of halogens is 1. The zero-order valence-corrected chi connectivity index (χ0v) is 18.3. The Hall–Kier alpha value is -3.59. The van der Waals surface area contributed by atoms with Crippen LogP contribution in [-0.2, 0) is 0 Å². The van der Waals surface area contributed by atoms with Gasteiger partial charge in [0, 0.05) is 41.4 Å². The molecule has 3 aromatic rings. The van der Waals surface area contributed by atoms with Gasteiger partial charge in [0.25, 0.3) is 17.7 Å². The van der Waals surface area contributed by atoms with Gasteiger partial charge in [-0.15, -0.1) is 11.3 Å². The van der Waals surface area contributed by atoms with Crippen molar-refractivity contribution in [3.8, 4) is 11.1 Å². The van der Waals surface area contributed by atoms with Crippen molar-refractivity contribution in [1.29, 1.82) is 0 Å². The summed E-state index contributed by atoms with van der Waals surface area (Å²) in [5, 5.41) is 10.2. The number of carbonyl (C=O) groups is 3. The molecular weight excluding hydrogens is 431 g/mol. The highest BCUT2D eigenvalue weighted by Gasteiger charge is 2.25. The third-order valence-electron chi connectivity index (χ3n) is 5.22. The average molecular weight is 453 g/mol. The van der Waals surface area contributed by atoms with E-state index in [4.69, 9.17) is 0 Å². The summed E-state index contributed by atoms with van der Waals surface area (Å²) in [7, 11) is 1.49. The van der Waals surface area contributed by atoms with Crippen molar-refractivity contribution >= 4 is 34.2 Å². The number of anilines is 1. The van der Waals surface area contributed by atoms with Crippen LogP contribution in [0, 0.1) is 12.7 Å². The van der Waals surface area contributed by atoms with Crippen molar-refractivity contribution < 1.29 is 18.8 Å². The Kier molecular flexibility index (Phi) is 6.00. The van der Waals surface area contributed by atoms with Crippen LogP contribution in [0.4, 0.5) is 9.52 Å². The SMILES string of the molecule is CNC(=O)c1ccc(-c2cc(C(=O)NC3CC3)cc(F)c2C)c(C(=O)Nc2nccs2)c1. The Labute approximate surface area is 188 Å². The Morgan fingerprint density at radius 1 is 1.03 bits per heavy atom. The van der Waals surface area contributed by atoms with Gasteiger partial charge in [0.1, 0.15) is 5.82 Å². The molecule has 1 aliphatic rings. The van der Waals surface area contributed by atoms with Gasteiger partial charge in [-0.25, -0.2) is 9.37 Å². The van der Waals surface area contributed by atoms with Gasteiger partial charge in [-0.05, 0) is 60.7 Å². The first-order chi connectivity index (χ1) is 15.4. The fourth-order valence-corrected chi connectivity index (χ4v) is 3.81. The topological polar surface area (TPSA) is 100 Å². The monoisotopic (exact) mass is 452 g/mol. The van der Waals surface area contributed by atoms with Crippen molar-refractivity contribution in [2.45, 2.75) is 25.8 Å². The third kappa shape index (κ3) is 4.52. The fourth-order valence-electron chi connectivity index (χ4n) is 3.29. The van der Waals surface area contributed by atoms with Gasteiger partial charge >= 0.3 is 0 Å². The summed E-state index contributed by atoms with van der Waals surface area (Å²) in [5.74, 6) is -1.76. The predicted octanol–water partition coefficient (Wildman–Crippen LogP) is 3.76. The van der Waals surface area contributed by atoms with Crippen LogP contribution in [0.15, 0.2) is 41.9 Å². The zero-order chi connectivity index (χ0) is 22.8. The molecule has 0 saturated heterocycles. The van der Waals surface area contributed by atoms with Crippen molar-refractivity contribution in [3.63, 3.8) is 0 Å². The van der Waals surface area contributed by atoms with Gasteiger partial charge in [-0.3, -0.25) is 19.7 Å². The Morgan fingerprint density at radius 3 is 2.47 bits per heavy atom. The van der Waals surface area contributed by atoms with E-state index in [0.717, 1.165) is 12.8 Å². The molecule has 0 atom stereocenters. The Morgan fingerprint density at radius 2 is 1.81 bits per heavy atom. The lowest BCUT2D eigenvalue weighted by molar-refractivity contribution is 0.0946. The minimum atomic E-state index is -0.551. The molecule has 2 aromatic carbocycles. The normalized spacial score (nSPS) is 12.8. The molecule has 0 radical (unpaired) electrons. The molecule has 4 rings (SSSR count). The van der Waals surface area contributed by atoms with Crippen molar-refractivity contribution in [1.82, 2.24) is 15.6 Å². The lowest BCUT2D eigenvalue weighted by Crippen LogP contribution is -2.25. The van der Waals surface area contributed by atoms with Crippen LogP contribution < -0.4 is 16.0 Å². The van der Waals surface area contributed by atoms with Gasteiger partial charge in [0.05, 0.1) is 0 Å². The minimum absolute atomic E-state index is 0.127. The number of hydrogen-bond acceptors (Lipinski definition) is 5. The van der Waals surface area contributed by atoms with Crippen LogP contribution in [0.5, 0.6) is 0 Å². The number of amides is 3. The number of hydrogen-bond donors (Lipinski definition) is 3. The quantitative estimate of drug-likeness (QED) is 0.530. The first-order valence-electron chi connectivity index (χ1n) is 10.1. The van der Waals surface area contributed by atoms with Gasteiger partial charge in [-0.1, -0.05) is 6.07 Å². The standard InChI is InChI=1S/C23H21FN4O3S/c1-12-17(10-14(11-19(12)24)21(30)27-15-4-5-15)16-6-3-13(20(29)25-2)9-18(16)22(31)28-23-26-7-8-32-23/h3,6-11,15H,4-5H2,1-2H3,(H,25,29)(H,27,30)(H,26,28,31). The summed E-state index contributed by atoms with van der Waals surface area (Å²) in [4.78, 5) is 41.8. The molecule has 32 heavy (non-hydrogen) atoms. The van der Waals surface area contributed by atoms with Crippen LogP contribution in [0.2, 0.25) is 0 Å². The third-order valence-corrected chi connectivity index (χ3v) is 5.90. The molecule has 0 unspecified atom stereocenters. The van der Waals surface area contributed by atoms with E-state index in [1.165, 1.54) is 30.5 Å². The van der Waals surface area contributed by atoms with E-state index in [9.17, 15) is 18.8 Å². The van der Waals surface area contributed by atoms with E-state index < -0.39 is 11.7 Å². The Bertz CT molecular complexity index is 1210. The fraction of sp³-hybridized carbons (Fsp3) is 0.217. The van der Waals surface area contributed by atoms with Crippen molar-refractivity contribution in [2.24, 2.45) is 0 Å². The molecule has 7 nitrogen and oxygen atoms in total. The summed E-state index contributed by atoms with van der Waals surface area (Å²) in [6.07, 6.45) is 3.38. The highest BCUT2D eigenvalue weighted by Crippen LogP contribution is 2.32. The number of rotatable bonds is 6. The lowest BCUT2D eigenvalue weighted by Gasteiger charge is -2.15. The van der Waals surface area contributed by atoms with E-state index >= 15 is 0 Å². The molecule has 1 fully saturated rings. The second kappa shape index (κ2) is 8.88. The van der Waals surface area contributed by atoms with E-state index in [1.54, 1.807) is 36.7 Å². The van der Waals surface area contributed by atoms with Crippen LogP contribution in [-0.4, -0.2) is 35.8 Å². The van der Waals surface area contributed by atoms with Crippen LogP contribution >= 0.6 is 11.3 Å². The molecule has 0 spiro atoms. The molecule has 164 valence electrons. The maximum absolute atomic E-state index is 14.8. The highest BCUT2D eigenvalue weighted by atomic mass is 32.1. The van der Waals surface area contributed by atoms with Crippen LogP contribution in [0.25, 0.3) is 11.1 Å². The minimum Gasteiger partial charge on any atom is -0.355 e. The number of benzene rings is 2. The van der Waals surface area contributed by atoms with Crippen LogP contribution in [0.3, 0.4) is 0 Å². The average Bonchev–Trinajstić information content (AvgIpc) is 3.46. The summed E-state index contributed by atoms with van der Waals surface area (Å²) in [6.45, 7) is 1.59.